The van der Waals surface area contributed by atoms with E-state index in [0.717, 1.165) is 11.5 Å². The average molecular weight is 234 g/mol. The van der Waals surface area contributed by atoms with Gasteiger partial charge in [0.1, 0.15) is 0 Å². The number of hydrogen-bond donors (Lipinski definition) is 2. The summed E-state index contributed by atoms with van der Waals surface area (Å²) in [6.07, 6.45) is 9.57. The monoisotopic (exact) mass is 234 g/mol. The molecule has 0 nitrogen and oxygen atoms in total. The SMILES string of the molecule is CCCCCCCCC(C)(CS)CS. The van der Waals surface area contributed by atoms with Gasteiger partial charge in [-0.3, -0.25) is 0 Å². The van der Waals surface area contributed by atoms with Crippen LogP contribution in [0.4, 0.5) is 0 Å². The zero-order chi connectivity index (χ0) is 10.9. The Kier molecular flexibility index (Phi) is 9.41. The lowest BCUT2D eigenvalue weighted by Crippen LogP contribution is -2.20. The van der Waals surface area contributed by atoms with Crippen LogP contribution in [-0.4, -0.2) is 11.5 Å². The Morgan fingerprint density at radius 3 is 1.86 bits per heavy atom. The van der Waals surface area contributed by atoms with Gasteiger partial charge in [-0.05, 0) is 23.3 Å². The van der Waals surface area contributed by atoms with Crippen molar-refractivity contribution in [3.05, 3.63) is 0 Å². The molecule has 0 atom stereocenters. The maximum Gasteiger partial charge on any atom is -0.00360 e. The van der Waals surface area contributed by atoms with Crippen LogP contribution in [-0.2, 0) is 0 Å². The molecule has 0 heterocycles. The van der Waals surface area contributed by atoms with Gasteiger partial charge >= 0.3 is 0 Å². The van der Waals surface area contributed by atoms with Gasteiger partial charge in [0.15, 0.2) is 0 Å². The lowest BCUT2D eigenvalue weighted by atomic mass is 9.88. The summed E-state index contributed by atoms with van der Waals surface area (Å²) < 4.78 is 0. The fourth-order valence-electron chi connectivity index (χ4n) is 1.54. The van der Waals surface area contributed by atoms with Gasteiger partial charge < -0.3 is 0 Å². The second-order valence-corrected chi connectivity index (χ2v) is 5.28. The fraction of sp³-hybridized carbons (Fsp3) is 1.00. The van der Waals surface area contributed by atoms with Gasteiger partial charge in [0.2, 0.25) is 0 Å². The van der Waals surface area contributed by atoms with Gasteiger partial charge in [-0.25, -0.2) is 0 Å². The molecule has 0 amide bonds. The van der Waals surface area contributed by atoms with E-state index >= 15 is 0 Å². The molecule has 0 radical (unpaired) electrons. The van der Waals surface area contributed by atoms with Crippen LogP contribution in [0.3, 0.4) is 0 Å². The quantitative estimate of drug-likeness (QED) is 0.423. The lowest BCUT2D eigenvalue weighted by Gasteiger charge is -2.25. The Hall–Kier alpha value is 0.700. The van der Waals surface area contributed by atoms with Crippen molar-refractivity contribution in [2.24, 2.45) is 5.41 Å². The summed E-state index contributed by atoms with van der Waals surface area (Å²) in [7, 11) is 0. The van der Waals surface area contributed by atoms with Crippen LogP contribution >= 0.6 is 25.3 Å². The average Bonchev–Trinajstić information content (AvgIpc) is 2.23. The molecule has 0 saturated carbocycles. The first-order valence-electron chi connectivity index (χ1n) is 5.90. The smallest absolute Gasteiger partial charge is 0.00360 e. The number of rotatable bonds is 9. The van der Waals surface area contributed by atoms with E-state index in [4.69, 9.17) is 0 Å². The highest BCUT2D eigenvalue weighted by molar-refractivity contribution is 7.81. The molecule has 0 fully saturated rings. The zero-order valence-electron chi connectivity index (χ0n) is 9.76. The van der Waals surface area contributed by atoms with E-state index in [-0.39, 0.29) is 0 Å². The molecule has 0 rings (SSSR count). The molecule has 0 aromatic rings. The minimum Gasteiger partial charge on any atom is -0.179 e. The number of hydrogen-bond acceptors (Lipinski definition) is 2. The van der Waals surface area contributed by atoms with Gasteiger partial charge in [0.25, 0.3) is 0 Å². The second-order valence-electron chi connectivity index (χ2n) is 4.64. The van der Waals surface area contributed by atoms with E-state index in [1.54, 1.807) is 0 Å². The molecule has 14 heavy (non-hydrogen) atoms. The summed E-state index contributed by atoms with van der Waals surface area (Å²) in [6, 6.07) is 0. The Morgan fingerprint density at radius 2 is 1.36 bits per heavy atom. The van der Waals surface area contributed by atoms with Crippen molar-refractivity contribution in [1.82, 2.24) is 0 Å². The molecule has 0 aromatic heterocycles. The van der Waals surface area contributed by atoms with Crippen molar-refractivity contribution in [2.45, 2.75) is 58.8 Å². The van der Waals surface area contributed by atoms with Gasteiger partial charge in [-0.2, -0.15) is 25.3 Å². The highest BCUT2D eigenvalue weighted by Crippen LogP contribution is 2.27. The molecule has 0 unspecified atom stereocenters. The van der Waals surface area contributed by atoms with E-state index in [2.05, 4.69) is 39.1 Å². The summed E-state index contributed by atoms with van der Waals surface area (Å²) in [5.41, 5.74) is 0.358. The predicted octanol–water partition coefficient (Wildman–Crippen LogP) is 4.60. The molecule has 0 aliphatic heterocycles. The molecule has 0 spiro atoms. The first-order valence-corrected chi connectivity index (χ1v) is 7.17. The van der Waals surface area contributed by atoms with E-state index in [9.17, 15) is 0 Å². The highest BCUT2D eigenvalue weighted by atomic mass is 32.1. The summed E-state index contributed by atoms with van der Waals surface area (Å²) in [4.78, 5) is 0. The van der Waals surface area contributed by atoms with Crippen molar-refractivity contribution >= 4 is 25.3 Å². The van der Waals surface area contributed by atoms with Crippen LogP contribution in [0.1, 0.15) is 58.8 Å². The topological polar surface area (TPSA) is 0 Å². The Bertz CT molecular complexity index is 119. The maximum atomic E-state index is 4.39. The van der Waals surface area contributed by atoms with E-state index in [1.807, 2.05) is 0 Å². The molecule has 0 aliphatic carbocycles. The Balaban J connectivity index is 3.34. The standard InChI is InChI=1S/C12H26S2/c1-3-4-5-6-7-8-9-12(2,10-13)11-14/h13-14H,3-11H2,1-2H3. The van der Waals surface area contributed by atoms with Crippen molar-refractivity contribution in [3.63, 3.8) is 0 Å². The molecule has 0 N–H and O–H groups in total. The van der Waals surface area contributed by atoms with Gasteiger partial charge in [-0.1, -0.05) is 52.4 Å². The van der Waals surface area contributed by atoms with Crippen molar-refractivity contribution in [2.75, 3.05) is 11.5 Å². The first-order chi connectivity index (χ1) is 6.68. The maximum absolute atomic E-state index is 4.39. The van der Waals surface area contributed by atoms with Crippen LogP contribution < -0.4 is 0 Å². The van der Waals surface area contributed by atoms with Crippen LogP contribution in [0.2, 0.25) is 0 Å². The Labute approximate surface area is 101 Å². The normalized spacial score (nSPS) is 12.0. The molecule has 0 bridgehead atoms. The largest absolute Gasteiger partial charge is 0.179 e. The van der Waals surface area contributed by atoms with Crippen LogP contribution in [0.15, 0.2) is 0 Å². The Morgan fingerprint density at radius 1 is 0.857 bits per heavy atom. The zero-order valence-corrected chi connectivity index (χ0v) is 11.5. The second kappa shape index (κ2) is 8.96. The lowest BCUT2D eigenvalue weighted by molar-refractivity contribution is 0.375. The van der Waals surface area contributed by atoms with Crippen molar-refractivity contribution < 1.29 is 0 Å². The molecular formula is C12H26S2. The molecule has 0 saturated heterocycles. The van der Waals surface area contributed by atoms with E-state index in [0.29, 0.717) is 5.41 Å². The first kappa shape index (κ1) is 14.7. The minimum absolute atomic E-state index is 0.358. The summed E-state index contributed by atoms with van der Waals surface area (Å²) in [5, 5.41) is 0. The summed E-state index contributed by atoms with van der Waals surface area (Å²) >= 11 is 8.78. The van der Waals surface area contributed by atoms with Crippen LogP contribution in [0, 0.1) is 5.41 Å². The third-order valence-corrected chi connectivity index (χ3v) is 4.42. The minimum atomic E-state index is 0.358. The molecule has 0 aliphatic rings. The van der Waals surface area contributed by atoms with Crippen molar-refractivity contribution in [3.8, 4) is 0 Å². The van der Waals surface area contributed by atoms with Gasteiger partial charge in [-0.15, -0.1) is 0 Å². The van der Waals surface area contributed by atoms with Crippen LogP contribution in [0.25, 0.3) is 0 Å². The predicted molar refractivity (Wildman–Crippen MR) is 73.8 cm³/mol. The molecule has 0 aromatic carbocycles. The summed E-state index contributed by atoms with van der Waals surface area (Å²) in [5.74, 6) is 1.93. The number of thiol groups is 2. The highest BCUT2D eigenvalue weighted by Gasteiger charge is 2.19. The van der Waals surface area contributed by atoms with E-state index in [1.165, 1.54) is 44.9 Å². The van der Waals surface area contributed by atoms with Crippen molar-refractivity contribution in [1.29, 1.82) is 0 Å². The van der Waals surface area contributed by atoms with E-state index < -0.39 is 0 Å². The molecular weight excluding hydrogens is 208 g/mol. The van der Waals surface area contributed by atoms with Gasteiger partial charge in [0.05, 0.1) is 0 Å². The van der Waals surface area contributed by atoms with Crippen LogP contribution in [0.5, 0.6) is 0 Å². The molecule has 2 heteroatoms. The fourth-order valence-corrected chi connectivity index (χ4v) is 2.26. The number of unbranched alkanes of at least 4 members (excludes halogenated alkanes) is 5. The summed E-state index contributed by atoms with van der Waals surface area (Å²) in [6.45, 7) is 4.55. The molecule has 86 valence electrons. The third-order valence-electron chi connectivity index (χ3n) is 2.90. The van der Waals surface area contributed by atoms with Gasteiger partial charge in [0, 0.05) is 0 Å². The third kappa shape index (κ3) is 7.05.